The number of amides is 2. The Balaban J connectivity index is 1.66. The van der Waals surface area contributed by atoms with Crippen molar-refractivity contribution < 1.29 is 22.8 Å². The number of halogens is 3. The average molecular weight is 369 g/mol. The minimum atomic E-state index is -4.45. The van der Waals surface area contributed by atoms with E-state index in [2.05, 4.69) is 0 Å². The second-order valence-electron chi connectivity index (χ2n) is 7.05. The molecule has 0 saturated carbocycles. The molecule has 2 heterocycles. The monoisotopic (exact) mass is 369 g/mol. The van der Waals surface area contributed by atoms with Crippen LogP contribution in [0.15, 0.2) is 30.3 Å². The second-order valence-corrected chi connectivity index (χ2v) is 7.05. The summed E-state index contributed by atoms with van der Waals surface area (Å²) in [5.74, 6) is -1.37. The van der Waals surface area contributed by atoms with Gasteiger partial charge in [0.2, 0.25) is 11.8 Å². The molecule has 2 saturated heterocycles. The van der Waals surface area contributed by atoms with Crippen molar-refractivity contribution in [1.82, 2.24) is 9.80 Å². The van der Waals surface area contributed by atoms with E-state index < -0.39 is 24.5 Å². The molecule has 26 heavy (non-hydrogen) atoms. The summed E-state index contributed by atoms with van der Waals surface area (Å²) >= 11 is 0. The van der Waals surface area contributed by atoms with Gasteiger partial charge in [-0.1, -0.05) is 30.3 Å². The maximum absolute atomic E-state index is 12.8. The van der Waals surface area contributed by atoms with Crippen LogP contribution in [0.2, 0.25) is 0 Å². The molecule has 2 aliphatic rings. The minimum absolute atomic E-state index is 0.102. The number of nitrogens with two attached hydrogens (primary N) is 1. The van der Waals surface area contributed by atoms with Gasteiger partial charge >= 0.3 is 6.18 Å². The molecule has 1 aromatic carbocycles. The van der Waals surface area contributed by atoms with Gasteiger partial charge in [-0.2, -0.15) is 13.2 Å². The first-order valence-corrected chi connectivity index (χ1v) is 8.67. The zero-order chi connectivity index (χ0) is 18.9. The third-order valence-electron chi connectivity index (χ3n) is 5.22. The Morgan fingerprint density at radius 2 is 1.85 bits per heavy atom. The number of hydrogen-bond acceptors (Lipinski definition) is 3. The number of carbonyl (C=O) groups excluding carboxylic acids is 2. The summed E-state index contributed by atoms with van der Waals surface area (Å²) in [6, 6.07) is 9.76. The zero-order valence-corrected chi connectivity index (χ0v) is 14.3. The molecule has 2 fully saturated rings. The second kappa shape index (κ2) is 7.26. The first kappa shape index (κ1) is 18.7. The van der Waals surface area contributed by atoms with Crippen molar-refractivity contribution in [3.63, 3.8) is 0 Å². The lowest BCUT2D eigenvalue weighted by atomic mass is 9.89. The zero-order valence-electron chi connectivity index (χ0n) is 14.3. The van der Waals surface area contributed by atoms with Crippen LogP contribution >= 0.6 is 0 Å². The number of likely N-dealkylation sites (tertiary alicyclic amines) is 2. The van der Waals surface area contributed by atoms with E-state index in [4.69, 9.17) is 5.73 Å². The quantitative estimate of drug-likeness (QED) is 0.877. The van der Waals surface area contributed by atoms with Gasteiger partial charge in [0.25, 0.3) is 0 Å². The number of benzene rings is 1. The van der Waals surface area contributed by atoms with Crippen LogP contribution in [0.25, 0.3) is 0 Å². The molecule has 0 spiro atoms. The van der Waals surface area contributed by atoms with Gasteiger partial charge in [0.05, 0.1) is 5.92 Å². The fourth-order valence-corrected chi connectivity index (χ4v) is 3.93. The Kier molecular flexibility index (Phi) is 5.22. The van der Waals surface area contributed by atoms with Crippen LogP contribution in [0.5, 0.6) is 0 Å². The van der Waals surface area contributed by atoms with Gasteiger partial charge in [-0.15, -0.1) is 0 Å². The molecular weight excluding hydrogens is 347 g/mol. The van der Waals surface area contributed by atoms with Gasteiger partial charge in [-0.3, -0.25) is 9.59 Å². The Bertz CT molecular complexity index is 665. The van der Waals surface area contributed by atoms with Crippen molar-refractivity contribution >= 4 is 11.8 Å². The fourth-order valence-electron chi connectivity index (χ4n) is 3.93. The van der Waals surface area contributed by atoms with E-state index in [9.17, 15) is 22.8 Å². The minimum Gasteiger partial charge on any atom is -0.341 e. The number of carbonyl (C=O) groups is 2. The molecule has 3 rings (SSSR count). The first-order valence-electron chi connectivity index (χ1n) is 8.67. The molecule has 2 N–H and O–H groups in total. The van der Waals surface area contributed by atoms with Gasteiger partial charge in [-0.05, 0) is 18.0 Å². The number of hydrogen-bond donors (Lipinski definition) is 1. The third kappa shape index (κ3) is 4.00. The molecule has 0 aliphatic carbocycles. The molecular formula is C18H22F3N3O2. The van der Waals surface area contributed by atoms with Crippen LogP contribution in [-0.2, 0) is 9.59 Å². The highest BCUT2D eigenvalue weighted by Crippen LogP contribution is 2.34. The SMILES string of the molecule is NC[C@@H]1CN(C(=O)C2CC(=O)N(CC(F)(F)F)C2)C[C@H]1c1ccccc1. The number of nitrogens with zero attached hydrogens (tertiary/aromatic N) is 2. The normalized spacial score (nSPS) is 26.6. The van der Waals surface area contributed by atoms with Crippen molar-refractivity contribution in [2.24, 2.45) is 17.6 Å². The predicted octanol–water partition coefficient (Wildman–Crippen LogP) is 1.60. The summed E-state index contributed by atoms with van der Waals surface area (Å²) in [5, 5.41) is 0. The standard InChI is InChI=1S/C18H22F3N3O2/c19-18(20,21)11-24-8-13(6-16(24)25)17(26)23-9-14(7-22)15(10-23)12-4-2-1-3-5-12/h1-5,13-15H,6-11,22H2/t13?,14-,15+/m1/s1. The summed E-state index contributed by atoms with van der Waals surface area (Å²) in [7, 11) is 0. The third-order valence-corrected chi connectivity index (χ3v) is 5.22. The van der Waals surface area contributed by atoms with Gasteiger partial charge < -0.3 is 15.5 Å². The van der Waals surface area contributed by atoms with Crippen molar-refractivity contribution in [3.8, 4) is 0 Å². The predicted molar refractivity (Wildman–Crippen MR) is 89.0 cm³/mol. The lowest BCUT2D eigenvalue weighted by molar-refractivity contribution is -0.157. The highest BCUT2D eigenvalue weighted by molar-refractivity contribution is 5.89. The van der Waals surface area contributed by atoms with Crippen molar-refractivity contribution in [2.45, 2.75) is 18.5 Å². The molecule has 3 atom stereocenters. The molecule has 142 valence electrons. The molecule has 0 bridgehead atoms. The van der Waals surface area contributed by atoms with E-state index in [1.54, 1.807) is 4.90 Å². The molecule has 0 aromatic heterocycles. The van der Waals surface area contributed by atoms with Gasteiger partial charge in [-0.25, -0.2) is 0 Å². The van der Waals surface area contributed by atoms with Gasteiger partial charge in [0.1, 0.15) is 6.54 Å². The summed E-state index contributed by atoms with van der Waals surface area (Å²) in [6.07, 6.45) is -4.61. The van der Waals surface area contributed by atoms with E-state index in [-0.39, 0.29) is 30.7 Å². The molecule has 8 heteroatoms. The van der Waals surface area contributed by atoms with E-state index in [0.717, 1.165) is 10.5 Å². The van der Waals surface area contributed by atoms with Crippen LogP contribution < -0.4 is 5.73 Å². The van der Waals surface area contributed by atoms with E-state index in [0.29, 0.717) is 19.6 Å². The molecule has 1 aromatic rings. The van der Waals surface area contributed by atoms with E-state index in [1.165, 1.54) is 0 Å². The summed E-state index contributed by atoms with van der Waals surface area (Å²) < 4.78 is 37.6. The average Bonchev–Trinajstić information content (AvgIpc) is 3.18. The largest absolute Gasteiger partial charge is 0.406 e. The maximum atomic E-state index is 12.8. The topological polar surface area (TPSA) is 66.6 Å². The summed E-state index contributed by atoms with van der Waals surface area (Å²) in [4.78, 5) is 27.0. The van der Waals surface area contributed by atoms with Crippen molar-refractivity contribution in [3.05, 3.63) is 35.9 Å². The Hall–Kier alpha value is -2.09. The molecule has 2 amide bonds. The molecule has 1 unspecified atom stereocenters. The van der Waals surface area contributed by atoms with Gasteiger partial charge in [0.15, 0.2) is 0 Å². The van der Waals surface area contributed by atoms with E-state index >= 15 is 0 Å². The Morgan fingerprint density at radius 1 is 1.15 bits per heavy atom. The molecule has 0 radical (unpaired) electrons. The van der Waals surface area contributed by atoms with Gasteiger partial charge in [0, 0.05) is 32.0 Å². The number of rotatable bonds is 4. The first-order chi connectivity index (χ1) is 12.3. The Labute approximate surface area is 149 Å². The number of alkyl halides is 3. The van der Waals surface area contributed by atoms with Crippen molar-refractivity contribution in [2.75, 3.05) is 32.7 Å². The summed E-state index contributed by atoms with van der Waals surface area (Å²) in [5.41, 5.74) is 6.96. The molecule has 2 aliphatic heterocycles. The van der Waals surface area contributed by atoms with Crippen LogP contribution in [0.1, 0.15) is 17.9 Å². The van der Waals surface area contributed by atoms with Crippen LogP contribution in [0.3, 0.4) is 0 Å². The highest BCUT2D eigenvalue weighted by atomic mass is 19.4. The van der Waals surface area contributed by atoms with Crippen LogP contribution in [-0.4, -0.2) is 60.5 Å². The highest BCUT2D eigenvalue weighted by Gasteiger charge is 2.44. The molecule has 5 nitrogen and oxygen atoms in total. The van der Waals surface area contributed by atoms with E-state index in [1.807, 2.05) is 30.3 Å². The lowest BCUT2D eigenvalue weighted by Gasteiger charge is -2.21. The van der Waals surface area contributed by atoms with Crippen molar-refractivity contribution in [1.29, 1.82) is 0 Å². The Morgan fingerprint density at radius 3 is 2.46 bits per heavy atom. The maximum Gasteiger partial charge on any atom is 0.406 e. The van der Waals surface area contributed by atoms with Crippen LogP contribution in [0, 0.1) is 11.8 Å². The smallest absolute Gasteiger partial charge is 0.341 e. The lowest BCUT2D eigenvalue weighted by Crippen LogP contribution is -2.38. The summed E-state index contributed by atoms with van der Waals surface area (Å²) in [6.45, 7) is -0.0919. The fraction of sp³-hybridized carbons (Fsp3) is 0.556. The van der Waals surface area contributed by atoms with Crippen LogP contribution in [0.4, 0.5) is 13.2 Å².